The molecule has 0 spiro atoms. The highest BCUT2D eigenvalue weighted by atomic mass is 35.5. The molecule has 0 saturated heterocycles. The van der Waals surface area contributed by atoms with Crippen LogP contribution < -0.4 is 5.32 Å². The molecule has 0 aromatic carbocycles. The minimum absolute atomic E-state index is 0. The SMILES string of the molecule is Cc1cn(C)nc1NCc1cc(C(F)(F)F)nn1C.Cl. The maximum Gasteiger partial charge on any atom is 0.435 e. The number of hydrogen-bond donors (Lipinski definition) is 1. The van der Waals surface area contributed by atoms with Gasteiger partial charge in [-0.05, 0) is 13.0 Å². The van der Waals surface area contributed by atoms with Crippen LogP contribution in [0.5, 0.6) is 0 Å². The van der Waals surface area contributed by atoms with Crippen molar-refractivity contribution in [2.75, 3.05) is 5.32 Å². The molecule has 112 valence electrons. The van der Waals surface area contributed by atoms with Gasteiger partial charge in [0.05, 0.1) is 12.2 Å². The third-order valence-corrected chi connectivity index (χ3v) is 2.72. The summed E-state index contributed by atoms with van der Waals surface area (Å²) in [4.78, 5) is 0. The van der Waals surface area contributed by atoms with Crippen LogP contribution in [0.2, 0.25) is 0 Å². The Morgan fingerprint density at radius 1 is 1.25 bits per heavy atom. The fraction of sp³-hybridized carbons (Fsp3) is 0.455. The first-order valence-corrected chi connectivity index (χ1v) is 5.61. The standard InChI is InChI=1S/C11H14F3N5.ClH/c1-7-6-18(2)17-10(7)15-5-8-4-9(11(12,13)14)16-19(8)3;/h4,6H,5H2,1-3H3,(H,15,17);1H. The van der Waals surface area contributed by atoms with Crippen LogP contribution in [0.15, 0.2) is 12.3 Å². The average molecular weight is 310 g/mol. The second-order valence-electron chi connectivity index (χ2n) is 4.33. The van der Waals surface area contributed by atoms with Crippen LogP contribution in [0.1, 0.15) is 17.0 Å². The minimum Gasteiger partial charge on any atom is -0.363 e. The monoisotopic (exact) mass is 309 g/mol. The van der Waals surface area contributed by atoms with Crippen LogP contribution in [0.3, 0.4) is 0 Å². The van der Waals surface area contributed by atoms with Crippen molar-refractivity contribution in [2.45, 2.75) is 19.6 Å². The zero-order chi connectivity index (χ0) is 14.2. The van der Waals surface area contributed by atoms with Crippen molar-refractivity contribution in [3.8, 4) is 0 Å². The topological polar surface area (TPSA) is 47.7 Å². The van der Waals surface area contributed by atoms with Crippen molar-refractivity contribution in [3.05, 3.63) is 29.2 Å². The Morgan fingerprint density at radius 2 is 1.90 bits per heavy atom. The second-order valence-corrected chi connectivity index (χ2v) is 4.33. The molecule has 0 fully saturated rings. The average Bonchev–Trinajstić information content (AvgIpc) is 2.79. The Morgan fingerprint density at radius 3 is 2.35 bits per heavy atom. The van der Waals surface area contributed by atoms with Gasteiger partial charge in [0.25, 0.3) is 0 Å². The summed E-state index contributed by atoms with van der Waals surface area (Å²) in [6.07, 6.45) is -2.59. The summed E-state index contributed by atoms with van der Waals surface area (Å²) in [5.74, 6) is 0.650. The molecule has 1 N–H and O–H groups in total. The molecule has 0 aliphatic carbocycles. The molecule has 0 amide bonds. The second kappa shape index (κ2) is 5.74. The Bertz CT molecular complexity index is 587. The molecule has 2 aromatic heterocycles. The Labute approximate surface area is 120 Å². The third kappa shape index (κ3) is 3.44. The van der Waals surface area contributed by atoms with E-state index in [0.717, 1.165) is 11.6 Å². The highest BCUT2D eigenvalue weighted by molar-refractivity contribution is 5.85. The van der Waals surface area contributed by atoms with Gasteiger partial charge in [0.2, 0.25) is 0 Å². The lowest BCUT2D eigenvalue weighted by Crippen LogP contribution is -2.07. The van der Waals surface area contributed by atoms with Crippen LogP contribution in [0.4, 0.5) is 19.0 Å². The molecular weight excluding hydrogens is 295 g/mol. The number of nitrogens with one attached hydrogen (secondary N) is 1. The van der Waals surface area contributed by atoms with E-state index in [2.05, 4.69) is 15.5 Å². The number of aryl methyl sites for hydroxylation is 3. The summed E-state index contributed by atoms with van der Waals surface area (Å²) in [6, 6.07) is 1.03. The Kier molecular flexibility index (Phi) is 4.69. The normalized spacial score (nSPS) is 11.3. The molecule has 2 aromatic rings. The van der Waals surface area contributed by atoms with Crippen molar-refractivity contribution in [1.29, 1.82) is 0 Å². The van der Waals surface area contributed by atoms with E-state index in [-0.39, 0.29) is 19.0 Å². The van der Waals surface area contributed by atoms with Crippen molar-refractivity contribution in [3.63, 3.8) is 0 Å². The van der Waals surface area contributed by atoms with Gasteiger partial charge in [-0.1, -0.05) is 0 Å². The van der Waals surface area contributed by atoms with Crippen LogP contribution in [-0.4, -0.2) is 19.6 Å². The zero-order valence-electron chi connectivity index (χ0n) is 11.2. The Hall–Kier alpha value is -1.70. The smallest absolute Gasteiger partial charge is 0.363 e. The molecule has 0 aliphatic heterocycles. The molecule has 0 aliphatic rings. The molecular formula is C11H15ClF3N5. The first-order chi connectivity index (χ1) is 8.77. The lowest BCUT2D eigenvalue weighted by atomic mass is 10.3. The lowest BCUT2D eigenvalue weighted by molar-refractivity contribution is -0.141. The molecule has 0 radical (unpaired) electrons. The van der Waals surface area contributed by atoms with E-state index >= 15 is 0 Å². The number of rotatable bonds is 3. The summed E-state index contributed by atoms with van der Waals surface area (Å²) in [5.41, 5.74) is 0.489. The van der Waals surface area contributed by atoms with Gasteiger partial charge in [-0.3, -0.25) is 9.36 Å². The van der Waals surface area contributed by atoms with E-state index in [4.69, 9.17) is 0 Å². The molecule has 0 bridgehead atoms. The number of nitrogens with zero attached hydrogens (tertiary/aromatic N) is 4. The number of alkyl halides is 3. The van der Waals surface area contributed by atoms with Gasteiger partial charge in [-0.25, -0.2) is 0 Å². The van der Waals surface area contributed by atoms with E-state index in [1.165, 1.54) is 11.7 Å². The summed E-state index contributed by atoms with van der Waals surface area (Å²) >= 11 is 0. The zero-order valence-corrected chi connectivity index (χ0v) is 12.0. The highest BCUT2D eigenvalue weighted by Gasteiger charge is 2.34. The molecule has 0 atom stereocenters. The van der Waals surface area contributed by atoms with Crippen LogP contribution in [-0.2, 0) is 26.8 Å². The molecule has 0 unspecified atom stereocenters. The summed E-state index contributed by atoms with van der Waals surface area (Å²) in [5, 5.41) is 10.6. The van der Waals surface area contributed by atoms with Crippen LogP contribution >= 0.6 is 12.4 Å². The maximum absolute atomic E-state index is 12.5. The third-order valence-electron chi connectivity index (χ3n) is 2.72. The van der Waals surface area contributed by atoms with Crippen LogP contribution in [0, 0.1) is 6.92 Å². The minimum atomic E-state index is -4.42. The number of halogens is 4. The molecule has 2 heterocycles. The summed E-state index contributed by atoms with van der Waals surface area (Å²) in [7, 11) is 3.27. The van der Waals surface area contributed by atoms with Gasteiger partial charge >= 0.3 is 6.18 Å². The van der Waals surface area contributed by atoms with E-state index in [1.807, 2.05) is 13.1 Å². The lowest BCUT2D eigenvalue weighted by Gasteiger charge is -2.04. The number of hydrogen-bond acceptors (Lipinski definition) is 3. The van der Waals surface area contributed by atoms with E-state index in [1.54, 1.807) is 11.7 Å². The van der Waals surface area contributed by atoms with E-state index < -0.39 is 11.9 Å². The largest absolute Gasteiger partial charge is 0.435 e. The molecule has 2 rings (SSSR count). The van der Waals surface area contributed by atoms with Gasteiger partial charge in [-0.2, -0.15) is 23.4 Å². The quantitative estimate of drug-likeness (QED) is 0.947. The van der Waals surface area contributed by atoms with E-state index in [9.17, 15) is 13.2 Å². The summed E-state index contributed by atoms with van der Waals surface area (Å²) in [6.45, 7) is 2.11. The highest BCUT2D eigenvalue weighted by Crippen LogP contribution is 2.28. The first-order valence-electron chi connectivity index (χ1n) is 5.61. The molecule has 9 heteroatoms. The summed E-state index contributed by atoms with van der Waals surface area (Å²) < 4.78 is 40.4. The van der Waals surface area contributed by atoms with Gasteiger partial charge in [0.15, 0.2) is 11.5 Å². The Balaban J connectivity index is 0.00000200. The van der Waals surface area contributed by atoms with Crippen LogP contribution in [0.25, 0.3) is 0 Å². The number of aromatic nitrogens is 4. The number of anilines is 1. The van der Waals surface area contributed by atoms with Crippen molar-refractivity contribution >= 4 is 18.2 Å². The predicted molar refractivity (Wildman–Crippen MR) is 70.7 cm³/mol. The van der Waals surface area contributed by atoms with Gasteiger partial charge < -0.3 is 5.32 Å². The van der Waals surface area contributed by atoms with Crippen molar-refractivity contribution in [1.82, 2.24) is 19.6 Å². The predicted octanol–water partition coefficient (Wildman–Crippen LogP) is 2.51. The molecule has 0 saturated carbocycles. The maximum atomic E-state index is 12.5. The van der Waals surface area contributed by atoms with Gasteiger partial charge in [0.1, 0.15) is 0 Å². The van der Waals surface area contributed by atoms with Crippen molar-refractivity contribution in [2.24, 2.45) is 14.1 Å². The first kappa shape index (κ1) is 16.4. The van der Waals surface area contributed by atoms with E-state index in [0.29, 0.717) is 11.5 Å². The van der Waals surface area contributed by atoms with Gasteiger partial charge in [-0.15, -0.1) is 12.4 Å². The molecule has 20 heavy (non-hydrogen) atoms. The van der Waals surface area contributed by atoms with Gasteiger partial charge in [0, 0.05) is 25.9 Å². The fourth-order valence-corrected chi connectivity index (χ4v) is 1.77. The fourth-order valence-electron chi connectivity index (χ4n) is 1.77. The van der Waals surface area contributed by atoms with Crippen molar-refractivity contribution < 1.29 is 13.2 Å². The molecule has 5 nitrogen and oxygen atoms in total.